The van der Waals surface area contributed by atoms with Gasteiger partial charge in [0.1, 0.15) is 5.76 Å². The van der Waals surface area contributed by atoms with Gasteiger partial charge in [0.05, 0.1) is 17.0 Å². The highest BCUT2D eigenvalue weighted by Gasteiger charge is 2.19. The third-order valence-corrected chi connectivity index (χ3v) is 4.09. The summed E-state index contributed by atoms with van der Waals surface area (Å²) in [5, 5.41) is 3.23. The van der Waals surface area contributed by atoms with Gasteiger partial charge in [0.2, 0.25) is 0 Å². The normalized spacial score (nSPS) is 13.7. The minimum Gasteiger partial charge on any atom is -0.469 e. The lowest BCUT2D eigenvalue weighted by molar-refractivity contribution is 0.505. The lowest BCUT2D eigenvalue weighted by atomic mass is 9.93. The van der Waals surface area contributed by atoms with Crippen LogP contribution in [0.25, 0.3) is 0 Å². The van der Waals surface area contributed by atoms with Crippen LogP contribution < -0.4 is 5.73 Å². The maximum atomic E-state index is 6.27. The van der Waals surface area contributed by atoms with Crippen LogP contribution in [0.5, 0.6) is 0 Å². The number of aromatic nitrogens is 1. The molecule has 1 unspecified atom stereocenters. The quantitative estimate of drug-likeness (QED) is 0.924. The number of nitrogens with two attached hydrogens (primary N) is 1. The molecule has 0 radical (unpaired) electrons. The Bertz CT molecular complexity index is 536. The maximum Gasteiger partial charge on any atom is 0.108 e. The zero-order valence-electron chi connectivity index (χ0n) is 12.1. The van der Waals surface area contributed by atoms with E-state index in [0.29, 0.717) is 0 Å². The minimum atomic E-state index is -0.0346. The Kier molecular flexibility index (Phi) is 4.11. The van der Waals surface area contributed by atoms with Crippen LogP contribution in [0.15, 0.2) is 22.1 Å². The van der Waals surface area contributed by atoms with E-state index in [2.05, 4.69) is 33.1 Å². The van der Waals surface area contributed by atoms with Crippen molar-refractivity contribution in [2.45, 2.75) is 52.0 Å². The molecule has 0 amide bonds. The summed E-state index contributed by atoms with van der Waals surface area (Å²) >= 11 is 1.69. The second-order valence-corrected chi connectivity index (χ2v) is 6.78. The minimum absolute atomic E-state index is 0.0346. The predicted octanol–water partition coefficient (Wildman–Crippen LogP) is 3.84. The molecule has 0 saturated heterocycles. The van der Waals surface area contributed by atoms with Gasteiger partial charge in [-0.15, -0.1) is 11.3 Å². The summed E-state index contributed by atoms with van der Waals surface area (Å²) in [4.78, 5) is 4.69. The summed E-state index contributed by atoms with van der Waals surface area (Å²) in [6.45, 7) is 8.61. The molecule has 2 heterocycles. The highest BCUT2D eigenvalue weighted by Crippen LogP contribution is 2.27. The van der Waals surface area contributed by atoms with Crippen LogP contribution in [0.1, 0.15) is 55.8 Å². The molecule has 104 valence electrons. The summed E-state index contributed by atoms with van der Waals surface area (Å²) in [6.07, 6.45) is 3.37. The van der Waals surface area contributed by atoms with Crippen molar-refractivity contribution < 1.29 is 4.42 Å². The molecule has 4 heteroatoms. The van der Waals surface area contributed by atoms with Crippen LogP contribution in [-0.2, 0) is 18.3 Å². The van der Waals surface area contributed by atoms with E-state index in [9.17, 15) is 0 Å². The maximum absolute atomic E-state index is 6.27. The molecule has 0 aromatic carbocycles. The lowest BCUT2D eigenvalue weighted by Crippen LogP contribution is -2.15. The van der Waals surface area contributed by atoms with Gasteiger partial charge in [0.15, 0.2) is 0 Å². The number of aryl methyl sites for hydroxylation is 1. The third-order valence-electron chi connectivity index (χ3n) is 3.22. The van der Waals surface area contributed by atoms with E-state index in [-0.39, 0.29) is 11.5 Å². The monoisotopic (exact) mass is 278 g/mol. The van der Waals surface area contributed by atoms with E-state index in [1.807, 2.05) is 6.07 Å². The first-order chi connectivity index (χ1) is 8.91. The van der Waals surface area contributed by atoms with Crippen LogP contribution >= 0.6 is 11.3 Å². The smallest absolute Gasteiger partial charge is 0.108 e. The highest BCUT2D eigenvalue weighted by atomic mass is 32.1. The van der Waals surface area contributed by atoms with Gasteiger partial charge in [-0.2, -0.15) is 0 Å². The molecule has 2 aromatic rings. The summed E-state index contributed by atoms with van der Waals surface area (Å²) in [6, 6.07) is 1.94. The summed E-state index contributed by atoms with van der Waals surface area (Å²) in [7, 11) is 0. The van der Waals surface area contributed by atoms with Crippen molar-refractivity contribution in [3.8, 4) is 0 Å². The van der Waals surface area contributed by atoms with E-state index in [1.165, 1.54) is 0 Å². The Morgan fingerprint density at radius 2 is 2.16 bits per heavy atom. The van der Waals surface area contributed by atoms with E-state index < -0.39 is 0 Å². The SMILES string of the molecule is CCc1occc1C(N)Cc1nc(C(C)(C)C)cs1. The van der Waals surface area contributed by atoms with Crippen LogP contribution in [0.3, 0.4) is 0 Å². The van der Waals surface area contributed by atoms with Gasteiger partial charge >= 0.3 is 0 Å². The van der Waals surface area contributed by atoms with Crippen molar-refractivity contribution in [3.05, 3.63) is 39.7 Å². The lowest BCUT2D eigenvalue weighted by Gasteiger charge is -2.14. The van der Waals surface area contributed by atoms with Gasteiger partial charge in [0.25, 0.3) is 0 Å². The number of nitrogens with zero attached hydrogens (tertiary/aromatic N) is 1. The molecule has 0 spiro atoms. The van der Waals surface area contributed by atoms with Crippen molar-refractivity contribution in [1.82, 2.24) is 4.98 Å². The fraction of sp³-hybridized carbons (Fsp3) is 0.533. The summed E-state index contributed by atoms with van der Waals surface area (Å²) < 4.78 is 5.44. The Morgan fingerprint density at radius 3 is 2.74 bits per heavy atom. The molecule has 0 saturated carbocycles. The van der Waals surface area contributed by atoms with Gasteiger partial charge in [-0.3, -0.25) is 0 Å². The first kappa shape index (κ1) is 14.3. The van der Waals surface area contributed by atoms with Crippen molar-refractivity contribution in [2.24, 2.45) is 5.73 Å². The molecule has 19 heavy (non-hydrogen) atoms. The predicted molar refractivity (Wildman–Crippen MR) is 79.5 cm³/mol. The van der Waals surface area contributed by atoms with Crippen molar-refractivity contribution in [3.63, 3.8) is 0 Å². The van der Waals surface area contributed by atoms with Gasteiger partial charge in [0, 0.05) is 35.2 Å². The molecule has 0 fully saturated rings. The molecular formula is C15H22N2OS. The van der Waals surface area contributed by atoms with Gasteiger partial charge in [-0.05, 0) is 6.07 Å². The molecule has 0 bridgehead atoms. The number of furan rings is 1. The Balaban J connectivity index is 2.11. The van der Waals surface area contributed by atoms with E-state index in [1.54, 1.807) is 17.6 Å². The topological polar surface area (TPSA) is 52.0 Å². The zero-order chi connectivity index (χ0) is 14.0. The number of rotatable bonds is 4. The fourth-order valence-electron chi connectivity index (χ4n) is 2.02. The van der Waals surface area contributed by atoms with E-state index >= 15 is 0 Å². The Labute approximate surface area is 118 Å². The van der Waals surface area contributed by atoms with Crippen molar-refractivity contribution in [1.29, 1.82) is 0 Å². The number of hydrogen-bond donors (Lipinski definition) is 1. The molecule has 2 N–H and O–H groups in total. The Morgan fingerprint density at radius 1 is 1.42 bits per heavy atom. The first-order valence-electron chi connectivity index (χ1n) is 6.68. The molecule has 1 atom stereocenters. The average Bonchev–Trinajstić information content (AvgIpc) is 2.95. The molecule has 2 aromatic heterocycles. The molecule has 0 aliphatic carbocycles. The molecule has 0 aliphatic rings. The third kappa shape index (κ3) is 3.25. The van der Waals surface area contributed by atoms with Crippen LogP contribution in [0.4, 0.5) is 0 Å². The molecule has 2 rings (SSSR count). The van der Waals surface area contributed by atoms with Gasteiger partial charge < -0.3 is 10.2 Å². The summed E-state index contributed by atoms with van der Waals surface area (Å²) in [5.41, 5.74) is 8.62. The molecule has 3 nitrogen and oxygen atoms in total. The standard InChI is InChI=1S/C15H22N2OS/c1-5-12-10(6-7-18-12)11(16)8-14-17-13(9-19-14)15(2,3)4/h6-7,9,11H,5,8,16H2,1-4H3. The second-order valence-electron chi connectivity index (χ2n) is 5.84. The van der Waals surface area contributed by atoms with Crippen molar-refractivity contribution in [2.75, 3.05) is 0 Å². The highest BCUT2D eigenvalue weighted by molar-refractivity contribution is 7.09. The van der Waals surface area contributed by atoms with Crippen LogP contribution in [-0.4, -0.2) is 4.98 Å². The molecule has 0 aliphatic heterocycles. The van der Waals surface area contributed by atoms with Gasteiger partial charge in [-0.25, -0.2) is 4.98 Å². The van der Waals surface area contributed by atoms with Crippen molar-refractivity contribution >= 4 is 11.3 Å². The first-order valence-corrected chi connectivity index (χ1v) is 7.56. The average molecular weight is 278 g/mol. The largest absolute Gasteiger partial charge is 0.469 e. The number of hydrogen-bond acceptors (Lipinski definition) is 4. The fourth-order valence-corrected chi connectivity index (χ4v) is 3.10. The summed E-state index contributed by atoms with van der Waals surface area (Å²) in [5.74, 6) is 0.986. The van der Waals surface area contributed by atoms with Gasteiger partial charge in [-0.1, -0.05) is 27.7 Å². The number of thiazole rings is 1. The van der Waals surface area contributed by atoms with Crippen LogP contribution in [0, 0.1) is 0 Å². The van der Waals surface area contributed by atoms with E-state index in [4.69, 9.17) is 15.1 Å². The zero-order valence-corrected chi connectivity index (χ0v) is 12.9. The second kappa shape index (κ2) is 5.47. The Hall–Kier alpha value is -1.13. The molecular weight excluding hydrogens is 256 g/mol. The van der Waals surface area contributed by atoms with Crippen LogP contribution in [0.2, 0.25) is 0 Å². The van der Waals surface area contributed by atoms with E-state index in [0.717, 1.165) is 34.9 Å².